The number of fused-ring (bicyclic) bond motifs is 1. The van der Waals surface area contributed by atoms with Crippen LogP contribution in [0.3, 0.4) is 0 Å². The Bertz CT molecular complexity index is 221. The largest absolute Gasteiger partial charge is 0.333 e. The van der Waals surface area contributed by atoms with Crippen molar-refractivity contribution in [3.8, 4) is 0 Å². The number of hydrogen-bond donors (Lipinski definition) is 2. The monoisotopic (exact) mass is 168 g/mol. The highest BCUT2D eigenvalue weighted by molar-refractivity contribution is 5.78. The molecule has 2 fully saturated rings. The summed E-state index contributed by atoms with van der Waals surface area (Å²) in [4.78, 5) is 11.1. The van der Waals surface area contributed by atoms with Crippen LogP contribution in [-0.2, 0) is 0 Å². The summed E-state index contributed by atoms with van der Waals surface area (Å²) in [6.07, 6.45) is 0. The quantitative estimate of drug-likeness (QED) is 0.559. The van der Waals surface area contributed by atoms with Crippen molar-refractivity contribution in [1.82, 2.24) is 10.6 Å². The molecule has 0 aromatic carbocycles. The molecule has 2 rings (SSSR count). The van der Waals surface area contributed by atoms with Gasteiger partial charge in [-0.15, -0.1) is 0 Å². The average Bonchev–Trinajstić information content (AvgIpc) is 2.30. The highest BCUT2D eigenvalue weighted by atomic mass is 16.2. The van der Waals surface area contributed by atoms with Crippen LogP contribution in [0.1, 0.15) is 27.7 Å². The number of nitrogens with one attached hydrogen (secondary N) is 2. The summed E-state index contributed by atoms with van der Waals surface area (Å²) >= 11 is 0. The molecule has 3 heteroatoms. The molecule has 0 aromatic heterocycles. The van der Waals surface area contributed by atoms with Gasteiger partial charge in [-0.3, -0.25) is 0 Å². The van der Waals surface area contributed by atoms with Gasteiger partial charge in [0.25, 0.3) is 0 Å². The van der Waals surface area contributed by atoms with Crippen molar-refractivity contribution in [3.05, 3.63) is 0 Å². The molecule has 0 spiro atoms. The fourth-order valence-corrected chi connectivity index (χ4v) is 2.39. The first-order chi connectivity index (χ1) is 5.37. The normalized spacial score (nSPS) is 40.8. The lowest BCUT2D eigenvalue weighted by molar-refractivity contribution is -0.0747. The van der Waals surface area contributed by atoms with Gasteiger partial charge >= 0.3 is 6.03 Å². The van der Waals surface area contributed by atoms with Crippen LogP contribution in [0.2, 0.25) is 0 Å². The SMILES string of the molecule is CC1(C)C2NC(=O)NC2C1(C)C. The molecule has 1 heterocycles. The Hall–Kier alpha value is -0.730. The molecular formula is C9H16N2O. The van der Waals surface area contributed by atoms with E-state index < -0.39 is 0 Å². The second kappa shape index (κ2) is 1.78. The second-order valence-electron chi connectivity index (χ2n) is 5.02. The maximum atomic E-state index is 11.1. The Morgan fingerprint density at radius 3 is 1.67 bits per heavy atom. The summed E-state index contributed by atoms with van der Waals surface area (Å²) < 4.78 is 0. The van der Waals surface area contributed by atoms with Crippen LogP contribution in [0.15, 0.2) is 0 Å². The van der Waals surface area contributed by atoms with Crippen molar-refractivity contribution in [2.75, 3.05) is 0 Å². The van der Waals surface area contributed by atoms with E-state index in [-0.39, 0.29) is 16.9 Å². The van der Waals surface area contributed by atoms with Crippen molar-refractivity contribution < 1.29 is 4.79 Å². The molecule has 1 aliphatic carbocycles. The van der Waals surface area contributed by atoms with Gasteiger partial charge in [0.05, 0.1) is 12.1 Å². The van der Waals surface area contributed by atoms with Gasteiger partial charge in [-0.1, -0.05) is 27.7 Å². The maximum Gasteiger partial charge on any atom is 0.315 e. The third kappa shape index (κ3) is 0.609. The second-order valence-corrected chi connectivity index (χ2v) is 5.02. The molecule has 0 aromatic rings. The minimum Gasteiger partial charge on any atom is -0.333 e. The van der Waals surface area contributed by atoms with Crippen molar-refractivity contribution in [3.63, 3.8) is 0 Å². The van der Waals surface area contributed by atoms with E-state index in [0.717, 1.165) is 0 Å². The molecule has 0 radical (unpaired) electrons. The first-order valence-corrected chi connectivity index (χ1v) is 4.44. The summed E-state index contributed by atoms with van der Waals surface area (Å²) in [5, 5.41) is 5.90. The van der Waals surface area contributed by atoms with E-state index in [0.29, 0.717) is 12.1 Å². The highest BCUT2D eigenvalue weighted by Gasteiger charge is 2.65. The van der Waals surface area contributed by atoms with E-state index in [1.165, 1.54) is 0 Å². The van der Waals surface area contributed by atoms with E-state index in [4.69, 9.17) is 0 Å². The van der Waals surface area contributed by atoms with Crippen molar-refractivity contribution >= 4 is 6.03 Å². The molecule has 0 bridgehead atoms. The average molecular weight is 168 g/mol. The minimum atomic E-state index is -0.0105. The Labute approximate surface area is 72.9 Å². The molecule has 1 saturated carbocycles. The zero-order chi connectivity index (χ0) is 9.15. The molecule has 2 aliphatic rings. The molecule has 2 atom stereocenters. The van der Waals surface area contributed by atoms with Crippen molar-refractivity contribution in [1.29, 1.82) is 0 Å². The summed E-state index contributed by atoms with van der Waals surface area (Å²) in [6, 6.07) is 0.628. The molecule has 1 saturated heterocycles. The molecule has 3 nitrogen and oxygen atoms in total. The van der Waals surface area contributed by atoms with Gasteiger partial charge in [-0.05, 0) is 10.8 Å². The van der Waals surface area contributed by atoms with Gasteiger partial charge in [0.1, 0.15) is 0 Å². The minimum absolute atomic E-state index is 0.0105. The lowest BCUT2D eigenvalue weighted by atomic mass is 9.47. The topological polar surface area (TPSA) is 41.1 Å². The standard InChI is InChI=1S/C9H16N2O/c1-8(2)5-6(9(8,3)4)11-7(12)10-5/h5-6H,1-4H3,(H2,10,11,12). The summed E-state index contributed by atoms with van der Waals surface area (Å²) in [5.41, 5.74) is 0.410. The van der Waals surface area contributed by atoms with Gasteiger partial charge in [0.15, 0.2) is 0 Å². The predicted molar refractivity (Wildman–Crippen MR) is 46.8 cm³/mol. The van der Waals surface area contributed by atoms with Crippen LogP contribution in [0.5, 0.6) is 0 Å². The van der Waals surface area contributed by atoms with E-state index >= 15 is 0 Å². The van der Waals surface area contributed by atoms with Crippen LogP contribution < -0.4 is 10.6 Å². The van der Waals surface area contributed by atoms with Gasteiger partial charge in [0.2, 0.25) is 0 Å². The van der Waals surface area contributed by atoms with E-state index in [1.807, 2.05) is 0 Å². The first kappa shape index (κ1) is 7.90. The Kier molecular flexibility index (Phi) is 1.17. The number of hydrogen-bond acceptors (Lipinski definition) is 1. The van der Waals surface area contributed by atoms with Gasteiger partial charge in [-0.25, -0.2) is 4.79 Å². The zero-order valence-corrected chi connectivity index (χ0v) is 8.06. The number of urea groups is 1. The molecule has 12 heavy (non-hydrogen) atoms. The lowest BCUT2D eigenvalue weighted by Crippen LogP contribution is -2.70. The molecular weight excluding hydrogens is 152 g/mol. The number of rotatable bonds is 0. The highest BCUT2D eigenvalue weighted by Crippen LogP contribution is 2.57. The molecule has 2 N–H and O–H groups in total. The number of amides is 2. The van der Waals surface area contributed by atoms with Crippen LogP contribution in [0, 0.1) is 10.8 Å². The Morgan fingerprint density at radius 2 is 1.33 bits per heavy atom. The van der Waals surface area contributed by atoms with Crippen LogP contribution in [0.4, 0.5) is 4.79 Å². The van der Waals surface area contributed by atoms with E-state index in [1.54, 1.807) is 0 Å². The maximum absolute atomic E-state index is 11.1. The smallest absolute Gasteiger partial charge is 0.315 e. The third-order valence-electron chi connectivity index (χ3n) is 4.12. The van der Waals surface area contributed by atoms with E-state index in [9.17, 15) is 4.79 Å². The first-order valence-electron chi connectivity index (χ1n) is 4.44. The lowest BCUT2D eigenvalue weighted by Gasteiger charge is -2.61. The van der Waals surface area contributed by atoms with Crippen LogP contribution in [0.25, 0.3) is 0 Å². The predicted octanol–water partition coefficient (Wildman–Crippen LogP) is 1.10. The van der Waals surface area contributed by atoms with Crippen LogP contribution in [-0.4, -0.2) is 18.1 Å². The Morgan fingerprint density at radius 1 is 1.00 bits per heavy atom. The van der Waals surface area contributed by atoms with E-state index in [2.05, 4.69) is 38.3 Å². The molecule has 2 amide bonds. The summed E-state index contributed by atoms with van der Waals surface area (Å²) in [6.45, 7) is 8.84. The number of carbonyl (C=O) groups is 1. The summed E-state index contributed by atoms with van der Waals surface area (Å²) in [5.74, 6) is 0. The van der Waals surface area contributed by atoms with Crippen molar-refractivity contribution in [2.24, 2.45) is 10.8 Å². The Balaban J connectivity index is 2.29. The fraction of sp³-hybridized carbons (Fsp3) is 0.889. The number of carbonyl (C=O) groups excluding carboxylic acids is 1. The third-order valence-corrected chi connectivity index (χ3v) is 4.12. The summed E-state index contributed by atoms with van der Waals surface area (Å²) in [7, 11) is 0. The van der Waals surface area contributed by atoms with Gasteiger partial charge in [0, 0.05) is 0 Å². The molecule has 1 aliphatic heterocycles. The van der Waals surface area contributed by atoms with Gasteiger partial charge in [-0.2, -0.15) is 0 Å². The molecule has 2 unspecified atom stereocenters. The van der Waals surface area contributed by atoms with Crippen LogP contribution >= 0.6 is 0 Å². The molecule has 68 valence electrons. The van der Waals surface area contributed by atoms with Crippen molar-refractivity contribution in [2.45, 2.75) is 39.8 Å². The van der Waals surface area contributed by atoms with Gasteiger partial charge < -0.3 is 10.6 Å². The zero-order valence-electron chi connectivity index (χ0n) is 8.06. The fourth-order valence-electron chi connectivity index (χ4n) is 2.39.